The minimum atomic E-state index is 0.0397. The summed E-state index contributed by atoms with van der Waals surface area (Å²) in [6.07, 6.45) is 3.55. The van der Waals surface area contributed by atoms with Gasteiger partial charge in [-0.25, -0.2) is 0 Å². The summed E-state index contributed by atoms with van der Waals surface area (Å²) in [4.78, 5) is 12.1. The Kier molecular flexibility index (Phi) is 2.77. The number of carbonyl (C=O) groups is 1. The molecule has 1 amide bonds. The van der Waals surface area contributed by atoms with E-state index in [4.69, 9.17) is 5.73 Å². The predicted octanol–water partition coefficient (Wildman–Crippen LogP) is 2.49. The highest BCUT2D eigenvalue weighted by Gasteiger charge is 2.48. The maximum Gasteiger partial charge on any atom is 0.223 e. The first-order chi connectivity index (χ1) is 8.63. The van der Waals surface area contributed by atoms with Crippen molar-refractivity contribution in [3.8, 4) is 0 Å². The van der Waals surface area contributed by atoms with Gasteiger partial charge in [-0.05, 0) is 55.7 Å². The van der Waals surface area contributed by atoms with Crippen LogP contribution >= 0.6 is 0 Å². The number of anilines is 1. The van der Waals surface area contributed by atoms with E-state index in [1.54, 1.807) is 0 Å². The molecule has 0 saturated heterocycles. The number of rotatable bonds is 3. The van der Waals surface area contributed by atoms with Crippen molar-refractivity contribution in [2.24, 2.45) is 17.8 Å². The fourth-order valence-electron chi connectivity index (χ4n) is 3.17. The Morgan fingerprint density at radius 2 is 2.06 bits per heavy atom. The summed E-state index contributed by atoms with van der Waals surface area (Å²) in [6, 6.07) is 7.77. The molecule has 1 aromatic rings. The van der Waals surface area contributed by atoms with Crippen molar-refractivity contribution in [3.63, 3.8) is 0 Å². The standard InChI is InChI=1S/C15H20N2O/c1-9(10-3-2-4-14(16)8-10)17-15(18)13-6-11-5-12(11)7-13/h2-4,8-9,11-13H,5-7,16H2,1H3,(H,17,18). The van der Waals surface area contributed by atoms with E-state index in [-0.39, 0.29) is 17.9 Å². The first-order valence-electron chi connectivity index (χ1n) is 6.79. The van der Waals surface area contributed by atoms with Crippen LogP contribution in [0.15, 0.2) is 24.3 Å². The van der Waals surface area contributed by atoms with E-state index >= 15 is 0 Å². The molecule has 0 spiro atoms. The number of nitrogens with two attached hydrogens (primary N) is 1. The average molecular weight is 244 g/mol. The predicted molar refractivity (Wildman–Crippen MR) is 71.7 cm³/mol. The van der Waals surface area contributed by atoms with Gasteiger partial charge >= 0.3 is 0 Å². The third-order valence-corrected chi connectivity index (χ3v) is 4.38. The molecule has 3 heteroatoms. The zero-order valence-corrected chi connectivity index (χ0v) is 10.7. The Bertz CT molecular complexity index is 461. The van der Waals surface area contributed by atoms with Crippen LogP contribution in [0.25, 0.3) is 0 Å². The summed E-state index contributed by atoms with van der Waals surface area (Å²) in [5.74, 6) is 2.17. The number of fused-ring (bicyclic) bond motifs is 1. The molecule has 3 atom stereocenters. The lowest BCUT2D eigenvalue weighted by molar-refractivity contribution is -0.125. The van der Waals surface area contributed by atoms with E-state index in [0.29, 0.717) is 0 Å². The Balaban J connectivity index is 1.60. The molecule has 0 bridgehead atoms. The number of nitrogen functional groups attached to an aromatic ring is 1. The van der Waals surface area contributed by atoms with Crippen molar-refractivity contribution < 1.29 is 4.79 Å². The van der Waals surface area contributed by atoms with E-state index < -0.39 is 0 Å². The molecule has 2 aliphatic rings. The summed E-state index contributed by atoms with van der Waals surface area (Å²) in [5.41, 5.74) is 7.58. The Labute approximate surface area is 108 Å². The topological polar surface area (TPSA) is 55.1 Å². The molecular weight excluding hydrogens is 224 g/mol. The van der Waals surface area contributed by atoms with Crippen molar-refractivity contribution in [1.82, 2.24) is 5.32 Å². The lowest BCUT2D eigenvalue weighted by Gasteiger charge is -2.18. The highest BCUT2D eigenvalue weighted by atomic mass is 16.1. The fourth-order valence-corrected chi connectivity index (χ4v) is 3.17. The monoisotopic (exact) mass is 244 g/mol. The first kappa shape index (κ1) is 11.6. The maximum absolute atomic E-state index is 12.1. The van der Waals surface area contributed by atoms with Crippen molar-refractivity contribution in [2.75, 3.05) is 5.73 Å². The number of nitrogens with one attached hydrogen (secondary N) is 1. The van der Waals surface area contributed by atoms with Gasteiger partial charge in [0.25, 0.3) is 0 Å². The molecule has 96 valence electrons. The van der Waals surface area contributed by atoms with Gasteiger partial charge in [-0.2, -0.15) is 0 Å². The molecule has 2 saturated carbocycles. The molecule has 0 heterocycles. The van der Waals surface area contributed by atoms with Gasteiger partial charge in [0.05, 0.1) is 6.04 Å². The van der Waals surface area contributed by atoms with Crippen LogP contribution in [0.2, 0.25) is 0 Å². The smallest absolute Gasteiger partial charge is 0.223 e. The molecule has 3 N–H and O–H groups in total. The van der Waals surface area contributed by atoms with Crippen LogP contribution in [0.4, 0.5) is 5.69 Å². The zero-order valence-electron chi connectivity index (χ0n) is 10.7. The van der Waals surface area contributed by atoms with Crippen LogP contribution in [0.5, 0.6) is 0 Å². The van der Waals surface area contributed by atoms with E-state index in [0.717, 1.165) is 35.9 Å². The zero-order chi connectivity index (χ0) is 12.7. The van der Waals surface area contributed by atoms with Crippen LogP contribution in [0.3, 0.4) is 0 Å². The summed E-state index contributed by atoms with van der Waals surface area (Å²) in [6.45, 7) is 2.02. The van der Waals surface area contributed by atoms with Gasteiger partial charge in [0.15, 0.2) is 0 Å². The molecule has 18 heavy (non-hydrogen) atoms. The van der Waals surface area contributed by atoms with E-state index in [9.17, 15) is 4.79 Å². The Hall–Kier alpha value is -1.51. The lowest BCUT2D eigenvalue weighted by Crippen LogP contribution is -2.32. The maximum atomic E-state index is 12.1. The van der Waals surface area contributed by atoms with Gasteiger partial charge in [0.2, 0.25) is 5.91 Å². The summed E-state index contributed by atoms with van der Waals surface area (Å²) in [7, 11) is 0. The molecule has 3 nitrogen and oxygen atoms in total. The second kappa shape index (κ2) is 4.30. The van der Waals surface area contributed by atoms with Gasteiger partial charge in [-0.3, -0.25) is 4.79 Å². The molecule has 3 rings (SSSR count). The highest BCUT2D eigenvalue weighted by molar-refractivity contribution is 5.79. The molecule has 2 aliphatic carbocycles. The number of amides is 1. The number of benzene rings is 1. The number of carbonyl (C=O) groups excluding carboxylic acids is 1. The van der Waals surface area contributed by atoms with Crippen LogP contribution in [0.1, 0.15) is 37.8 Å². The normalized spacial score (nSPS) is 30.6. The van der Waals surface area contributed by atoms with Crippen molar-refractivity contribution >= 4 is 11.6 Å². The molecule has 0 radical (unpaired) electrons. The minimum Gasteiger partial charge on any atom is -0.399 e. The SMILES string of the molecule is CC(NC(=O)C1CC2CC2C1)c1cccc(N)c1. The van der Waals surface area contributed by atoms with Crippen LogP contribution < -0.4 is 11.1 Å². The second-order valence-electron chi connectivity index (χ2n) is 5.82. The van der Waals surface area contributed by atoms with Gasteiger partial charge in [-0.1, -0.05) is 12.1 Å². The van der Waals surface area contributed by atoms with Crippen LogP contribution in [0, 0.1) is 17.8 Å². The van der Waals surface area contributed by atoms with Gasteiger partial charge in [0.1, 0.15) is 0 Å². The van der Waals surface area contributed by atoms with Gasteiger partial charge < -0.3 is 11.1 Å². The van der Waals surface area contributed by atoms with E-state index in [1.807, 2.05) is 31.2 Å². The Morgan fingerprint density at radius 1 is 1.33 bits per heavy atom. The molecular formula is C15H20N2O. The minimum absolute atomic E-state index is 0.0397. The summed E-state index contributed by atoms with van der Waals surface area (Å²) in [5, 5.41) is 3.11. The first-order valence-corrected chi connectivity index (χ1v) is 6.79. The van der Waals surface area contributed by atoms with Crippen molar-refractivity contribution in [2.45, 2.75) is 32.2 Å². The lowest BCUT2D eigenvalue weighted by atomic mass is 10.0. The summed E-state index contributed by atoms with van der Waals surface area (Å²) < 4.78 is 0. The van der Waals surface area contributed by atoms with Gasteiger partial charge in [-0.15, -0.1) is 0 Å². The average Bonchev–Trinajstić information content (AvgIpc) is 2.96. The second-order valence-corrected chi connectivity index (χ2v) is 5.82. The van der Waals surface area contributed by atoms with Crippen LogP contribution in [-0.4, -0.2) is 5.91 Å². The van der Waals surface area contributed by atoms with Crippen molar-refractivity contribution in [3.05, 3.63) is 29.8 Å². The van der Waals surface area contributed by atoms with E-state index in [1.165, 1.54) is 6.42 Å². The van der Waals surface area contributed by atoms with Crippen molar-refractivity contribution in [1.29, 1.82) is 0 Å². The summed E-state index contributed by atoms with van der Waals surface area (Å²) >= 11 is 0. The Morgan fingerprint density at radius 3 is 2.72 bits per heavy atom. The number of hydrogen-bond acceptors (Lipinski definition) is 2. The molecule has 2 fully saturated rings. The number of hydrogen-bond donors (Lipinski definition) is 2. The van der Waals surface area contributed by atoms with Crippen LogP contribution in [-0.2, 0) is 4.79 Å². The molecule has 0 aliphatic heterocycles. The third kappa shape index (κ3) is 2.22. The quantitative estimate of drug-likeness (QED) is 0.803. The highest BCUT2D eigenvalue weighted by Crippen LogP contribution is 2.54. The molecule has 0 aromatic heterocycles. The molecule has 1 aromatic carbocycles. The van der Waals surface area contributed by atoms with Gasteiger partial charge in [0, 0.05) is 11.6 Å². The van der Waals surface area contributed by atoms with E-state index in [2.05, 4.69) is 5.32 Å². The third-order valence-electron chi connectivity index (χ3n) is 4.38. The fraction of sp³-hybridized carbons (Fsp3) is 0.533. The molecule has 3 unspecified atom stereocenters. The largest absolute Gasteiger partial charge is 0.399 e.